The Morgan fingerprint density at radius 2 is 2.00 bits per heavy atom. The molecule has 1 aliphatic carbocycles. The minimum absolute atomic E-state index is 0.0292. The summed E-state index contributed by atoms with van der Waals surface area (Å²) in [5.74, 6) is 0.640. The minimum Gasteiger partial charge on any atom is -0.490 e. The van der Waals surface area contributed by atoms with Gasteiger partial charge in [0.2, 0.25) is 0 Å². The average Bonchev–Trinajstić information content (AvgIpc) is 3.45. The Bertz CT molecular complexity index is 703. The highest BCUT2D eigenvalue weighted by Crippen LogP contribution is 2.31. The summed E-state index contributed by atoms with van der Waals surface area (Å²) in [4.78, 5) is 0. The highest BCUT2D eigenvalue weighted by Gasteiger charge is 2.22. The van der Waals surface area contributed by atoms with Crippen molar-refractivity contribution < 1.29 is 9.13 Å². The van der Waals surface area contributed by atoms with E-state index in [1.165, 1.54) is 18.9 Å². The van der Waals surface area contributed by atoms with Crippen LogP contribution in [0.2, 0.25) is 0 Å². The van der Waals surface area contributed by atoms with Gasteiger partial charge in [-0.2, -0.15) is 0 Å². The molecule has 0 aromatic heterocycles. The molecule has 5 heteroatoms. The Hall–Kier alpha value is -1.95. The zero-order chi connectivity index (χ0) is 17.6. The average molecular weight is 343 g/mol. The quantitative estimate of drug-likeness (QED) is 0.611. The third kappa shape index (κ3) is 5.26. The molecule has 3 rings (SSSR count). The molecule has 25 heavy (non-hydrogen) atoms. The van der Waals surface area contributed by atoms with Crippen molar-refractivity contribution >= 4 is 0 Å². The van der Waals surface area contributed by atoms with Crippen molar-refractivity contribution in [1.29, 1.82) is 0 Å². The number of halogens is 1. The van der Waals surface area contributed by atoms with E-state index in [0.29, 0.717) is 31.4 Å². The van der Waals surface area contributed by atoms with Gasteiger partial charge < -0.3 is 10.5 Å². The molecule has 4 nitrogen and oxygen atoms in total. The van der Waals surface area contributed by atoms with Crippen LogP contribution in [0.5, 0.6) is 5.75 Å². The van der Waals surface area contributed by atoms with Crippen molar-refractivity contribution in [1.82, 2.24) is 10.9 Å². The molecule has 1 saturated carbocycles. The Morgan fingerprint density at radius 3 is 2.76 bits per heavy atom. The van der Waals surface area contributed by atoms with Crippen LogP contribution in [0.25, 0.3) is 0 Å². The molecule has 2 aromatic rings. The number of hydrogen-bond acceptors (Lipinski definition) is 4. The highest BCUT2D eigenvalue weighted by atomic mass is 19.1. The fourth-order valence-corrected chi connectivity index (χ4v) is 2.65. The van der Waals surface area contributed by atoms with E-state index in [2.05, 4.69) is 23.0 Å². The molecule has 0 bridgehead atoms. The maximum Gasteiger partial charge on any atom is 0.165 e. The molecule has 1 unspecified atom stereocenters. The van der Waals surface area contributed by atoms with E-state index in [1.807, 2.05) is 19.1 Å². The Kier molecular flexibility index (Phi) is 6.02. The van der Waals surface area contributed by atoms with Crippen molar-refractivity contribution in [2.24, 2.45) is 11.7 Å². The summed E-state index contributed by atoms with van der Waals surface area (Å²) in [6.07, 6.45) is 2.38. The summed E-state index contributed by atoms with van der Waals surface area (Å²) in [5, 5.41) is 0. The van der Waals surface area contributed by atoms with E-state index >= 15 is 0 Å². The third-order valence-corrected chi connectivity index (χ3v) is 4.46. The van der Waals surface area contributed by atoms with Crippen LogP contribution >= 0.6 is 0 Å². The highest BCUT2D eigenvalue weighted by molar-refractivity contribution is 5.32. The van der Waals surface area contributed by atoms with E-state index in [9.17, 15) is 4.39 Å². The van der Waals surface area contributed by atoms with Crippen LogP contribution in [-0.4, -0.2) is 6.61 Å². The SMILES string of the molecule is CC(NNCc1cccc(CN)c1)c1ccc(F)c(OCC2CC2)c1. The third-order valence-electron chi connectivity index (χ3n) is 4.46. The van der Waals surface area contributed by atoms with Crippen molar-refractivity contribution in [3.8, 4) is 5.75 Å². The van der Waals surface area contributed by atoms with Gasteiger partial charge in [-0.25, -0.2) is 4.39 Å². The number of hydrazine groups is 1. The van der Waals surface area contributed by atoms with Gasteiger partial charge in [-0.05, 0) is 54.5 Å². The van der Waals surface area contributed by atoms with Crippen LogP contribution < -0.4 is 21.3 Å². The molecule has 0 amide bonds. The number of benzene rings is 2. The molecular weight excluding hydrogens is 317 g/mol. The lowest BCUT2D eigenvalue weighted by Crippen LogP contribution is -2.33. The second kappa shape index (κ2) is 8.43. The zero-order valence-electron chi connectivity index (χ0n) is 14.6. The van der Waals surface area contributed by atoms with E-state index in [1.54, 1.807) is 12.1 Å². The molecule has 1 aliphatic rings. The topological polar surface area (TPSA) is 59.3 Å². The molecule has 134 valence electrons. The van der Waals surface area contributed by atoms with Crippen LogP contribution in [0.1, 0.15) is 42.5 Å². The van der Waals surface area contributed by atoms with E-state index < -0.39 is 0 Å². The summed E-state index contributed by atoms with van der Waals surface area (Å²) < 4.78 is 19.5. The minimum atomic E-state index is -0.303. The van der Waals surface area contributed by atoms with Gasteiger partial charge in [-0.1, -0.05) is 30.3 Å². The second-order valence-corrected chi connectivity index (χ2v) is 6.69. The Balaban J connectivity index is 1.53. The summed E-state index contributed by atoms with van der Waals surface area (Å²) in [6, 6.07) is 13.2. The fourth-order valence-electron chi connectivity index (χ4n) is 2.65. The number of hydrogen-bond donors (Lipinski definition) is 3. The summed E-state index contributed by atoms with van der Waals surface area (Å²) in [6.45, 7) is 3.86. The van der Waals surface area contributed by atoms with Gasteiger partial charge in [0.25, 0.3) is 0 Å². The molecule has 0 spiro atoms. The van der Waals surface area contributed by atoms with Crippen LogP contribution in [0, 0.1) is 11.7 Å². The summed E-state index contributed by atoms with van der Waals surface area (Å²) in [7, 11) is 0. The molecule has 0 saturated heterocycles. The summed E-state index contributed by atoms with van der Waals surface area (Å²) >= 11 is 0. The number of rotatable bonds is 9. The van der Waals surface area contributed by atoms with Gasteiger partial charge in [0.15, 0.2) is 11.6 Å². The van der Waals surface area contributed by atoms with Crippen LogP contribution in [0.15, 0.2) is 42.5 Å². The van der Waals surface area contributed by atoms with Crippen LogP contribution in [0.4, 0.5) is 4.39 Å². The number of nitrogens with two attached hydrogens (primary N) is 1. The first kappa shape index (κ1) is 17.9. The first-order chi connectivity index (χ1) is 12.2. The van der Waals surface area contributed by atoms with E-state index in [-0.39, 0.29) is 11.9 Å². The van der Waals surface area contributed by atoms with E-state index in [0.717, 1.165) is 16.7 Å². The smallest absolute Gasteiger partial charge is 0.165 e. The van der Waals surface area contributed by atoms with Gasteiger partial charge >= 0.3 is 0 Å². The predicted octanol–water partition coefficient (Wildman–Crippen LogP) is 3.43. The van der Waals surface area contributed by atoms with Crippen molar-refractivity contribution in [2.75, 3.05) is 6.61 Å². The second-order valence-electron chi connectivity index (χ2n) is 6.69. The zero-order valence-corrected chi connectivity index (χ0v) is 14.6. The van der Waals surface area contributed by atoms with Gasteiger partial charge in [0, 0.05) is 19.1 Å². The van der Waals surface area contributed by atoms with Crippen molar-refractivity contribution in [3.63, 3.8) is 0 Å². The molecule has 1 atom stereocenters. The van der Waals surface area contributed by atoms with Gasteiger partial charge in [-0.3, -0.25) is 10.9 Å². The largest absolute Gasteiger partial charge is 0.490 e. The lowest BCUT2D eigenvalue weighted by molar-refractivity contribution is 0.284. The maximum absolute atomic E-state index is 13.9. The summed E-state index contributed by atoms with van der Waals surface area (Å²) in [5.41, 5.74) is 15.4. The lowest BCUT2D eigenvalue weighted by atomic mass is 10.1. The van der Waals surface area contributed by atoms with E-state index in [4.69, 9.17) is 10.5 Å². The molecule has 0 aliphatic heterocycles. The standard InChI is InChI=1S/C20H26FN3O/c1-14(24-23-12-17-4-2-3-16(9-17)11-22)18-7-8-19(21)20(10-18)25-13-15-5-6-15/h2-4,7-10,14-15,23-24H,5-6,11-13,22H2,1H3. The maximum atomic E-state index is 13.9. The first-order valence-electron chi connectivity index (χ1n) is 8.84. The van der Waals surface area contributed by atoms with Gasteiger partial charge in [0.1, 0.15) is 0 Å². The van der Waals surface area contributed by atoms with Gasteiger partial charge in [0.05, 0.1) is 6.61 Å². The van der Waals surface area contributed by atoms with Crippen molar-refractivity contribution in [2.45, 2.75) is 38.9 Å². The predicted molar refractivity (Wildman–Crippen MR) is 97.3 cm³/mol. The Labute approximate surface area is 148 Å². The molecule has 1 fully saturated rings. The van der Waals surface area contributed by atoms with Gasteiger partial charge in [-0.15, -0.1) is 0 Å². The van der Waals surface area contributed by atoms with Crippen LogP contribution in [-0.2, 0) is 13.1 Å². The first-order valence-corrected chi connectivity index (χ1v) is 8.84. The number of ether oxygens (including phenoxy) is 1. The molecule has 2 aromatic carbocycles. The number of nitrogens with one attached hydrogen (secondary N) is 2. The van der Waals surface area contributed by atoms with Crippen LogP contribution in [0.3, 0.4) is 0 Å². The lowest BCUT2D eigenvalue weighted by Gasteiger charge is -2.17. The molecular formula is C20H26FN3O. The fraction of sp³-hybridized carbons (Fsp3) is 0.400. The normalized spacial score (nSPS) is 15.2. The van der Waals surface area contributed by atoms with Crippen molar-refractivity contribution in [3.05, 3.63) is 65.0 Å². The molecule has 0 radical (unpaired) electrons. The Morgan fingerprint density at radius 1 is 1.20 bits per heavy atom. The molecule has 0 heterocycles. The molecule has 4 N–H and O–H groups in total. The monoisotopic (exact) mass is 343 g/mol.